The second-order valence-corrected chi connectivity index (χ2v) is 8.65. The lowest BCUT2D eigenvalue weighted by molar-refractivity contribution is 0.103. The van der Waals surface area contributed by atoms with Gasteiger partial charge in [0, 0.05) is 35.4 Å². The van der Waals surface area contributed by atoms with Crippen LogP contribution in [0.15, 0.2) is 85.1 Å². The van der Waals surface area contributed by atoms with Crippen LogP contribution in [0.2, 0.25) is 0 Å². The molecule has 0 atom stereocenters. The largest absolute Gasteiger partial charge is 0.457 e. The van der Waals surface area contributed by atoms with E-state index in [4.69, 9.17) is 9.47 Å². The van der Waals surface area contributed by atoms with Gasteiger partial charge >= 0.3 is 0 Å². The van der Waals surface area contributed by atoms with Crippen LogP contribution in [0, 0.1) is 0 Å². The highest BCUT2D eigenvalue weighted by atomic mass is 32.1. The summed E-state index contributed by atoms with van der Waals surface area (Å²) in [7, 11) is 0. The van der Waals surface area contributed by atoms with E-state index in [0.717, 1.165) is 48.3 Å². The van der Waals surface area contributed by atoms with Crippen LogP contribution in [-0.2, 0) is 4.74 Å². The minimum atomic E-state index is -0.138. The van der Waals surface area contributed by atoms with Gasteiger partial charge in [-0.3, -0.25) is 4.79 Å². The van der Waals surface area contributed by atoms with Crippen molar-refractivity contribution in [3.05, 3.63) is 89.9 Å². The van der Waals surface area contributed by atoms with Crippen LogP contribution in [0.3, 0.4) is 0 Å². The third-order valence-corrected chi connectivity index (χ3v) is 6.42. The van der Waals surface area contributed by atoms with E-state index in [2.05, 4.69) is 21.3 Å². The van der Waals surface area contributed by atoms with Crippen LogP contribution in [-0.4, -0.2) is 37.2 Å². The van der Waals surface area contributed by atoms with E-state index in [0.29, 0.717) is 16.3 Å². The zero-order valence-electron chi connectivity index (χ0n) is 17.9. The van der Waals surface area contributed by atoms with Gasteiger partial charge in [0.05, 0.1) is 18.1 Å². The van der Waals surface area contributed by atoms with E-state index in [9.17, 15) is 4.79 Å². The first kappa shape index (κ1) is 21.2. The predicted molar refractivity (Wildman–Crippen MR) is 131 cm³/mol. The maximum atomic E-state index is 12.7. The van der Waals surface area contributed by atoms with Crippen molar-refractivity contribution in [3.8, 4) is 21.9 Å². The molecule has 0 radical (unpaired) electrons. The van der Waals surface area contributed by atoms with Gasteiger partial charge in [-0.05, 0) is 60.7 Å². The van der Waals surface area contributed by atoms with Gasteiger partial charge in [0.15, 0.2) is 0 Å². The van der Waals surface area contributed by atoms with Crippen LogP contribution in [0.4, 0.5) is 11.5 Å². The van der Waals surface area contributed by atoms with Crippen LogP contribution in [0.25, 0.3) is 10.4 Å². The summed E-state index contributed by atoms with van der Waals surface area (Å²) in [6, 6.07) is 24.8. The van der Waals surface area contributed by atoms with Crippen molar-refractivity contribution < 1.29 is 14.3 Å². The number of amides is 1. The van der Waals surface area contributed by atoms with E-state index in [1.165, 1.54) is 11.3 Å². The molecule has 2 aromatic heterocycles. The van der Waals surface area contributed by atoms with Crippen molar-refractivity contribution in [2.24, 2.45) is 0 Å². The first-order valence-electron chi connectivity index (χ1n) is 10.8. The molecule has 3 heterocycles. The number of hydrogen-bond donors (Lipinski definition) is 1. The molecule has 1 fully saturated rings. The lowest BCUT2D eigenvalue weighted by atomic mass is 10.2. The van der Waals surface area contributed by atoms with Crippen LogP contribution < -0.4 is 15.0 Å². The number of para-hydroxylation sites is 1. The Morgan fingerprint density at radius 2 is 1.67 bits per heavy atom. The molecule has 7 heteroatoms. The fraction of sp³-hybridized carbons (Fsp3) is 0.154. The number of ether oxygens (including phenoxy) is 2. The SMILES string of the molecule is O=C(Nc1ccc(Oc2ccccc2)cc1)c1ccc(-c2ccc(N3CCOCC3)nc2)s1. The van der Waals surface area contributed by atoms with Gasteiger partial charge in [0.1, 0.15) is 17.3 Å². The normalized spacial score (nSPS) is 13.5. The molecule has 1 amide bonds. The predicted octanol–water partition coefficient (Wildman–Crippen LogP) is 5.69. The molecule has 166 valence electrons. The average molecular weight is 458 g/mol. The van der Waals surface area contributed by atoms with Crippen LogP contribution in [0.5, 0.6) is 11.5 Å². The molecule has 0 spiro atoms. The van der Waals surface area contributed by atoms with Gasteiger partial charge < -0.3 is 19.7 Å². The topological polar surface area (TPSA) is 63.7 Å². The molecule has 5 rings (SSSR count). The number of hydrogen-bond acceptors (Lipinski definition) is 6. The Morgan fingerprint density at radius 3 is 2.39 bits per heavy atom. The summed E-state index contributed by atoms with van der Waals surface area (Å²) in [5, 5.41) is 2.95. The van der Waals surface area contributed by atoms with E-state index in [1.807, 2.05) is 79.0 Å². The molecule has 1 N–H and O–H groups in total. The molecule has 1 aliphatic rings. The molecule has 4 aromatic rings. The number of nitrogens with one attached hydrogen (secondary N) is 1. The second-order valence-electron chi connectivity index (χ2n) is 7.56. The number of morpholine rings is 1. The Balaban J connectivity index is 1.21. The Labute approximate surface area is 196 Å². The summed E-state index contributed by atoms with van der Waals surface area (Å²) in [6.07, 6.45) is 1.86. The number of thiophene rings is 1. The number of carbonyl (C=O) groups excluding carboxylic acids is 1. The number of carbonyl (C=O) groups is 1. The molecular formula is C26H23N3O3S. The smallest absolute Gasteiger partial charge is 0.265 e. The number of pyridine rings is 1. The molecular weight excluding hydrogens is 434 g/mol. The van der Waals surface area contributed by atoms with Crippen LogP contribution in [0.1, 0.15) is 9.67 Å². The van der Waals surface area contributed by atoms with Crippen molar-refractivity contribution in [3.63, 3.8) is 0 Å². The number of benzene rings is 2. The van der Waals surface area contributed by atoms with E-state index < -0.39 is 0 Å². The Morgan fingerprint density at radius 1 is 0.909 bits per heavy atom. The molecule has 0 aliphatic carbocycles. The molecule has 1 aliphatic heterocycles. The van der Waals surface area contributed by atoms with Crippen molar-refractivity contribution in [2.75, 3.05) is 36.5 Å². The van der Waals surface area contributed by atoms with Crippen LogP contribution >= 0.6 is 11.3 Å². The van der Waals surface area contributed by atoms with Crippen molar-refractivity contribution >= 4 is 28.7 Å². The first-order valence-corrected chi connectivity index (χ1v) is 11.6. The third kappa shape index (κ3) is 5.22. The molecule has 0 unspecified atom stereocenters. The standard InChI is InChI=1S/C26H23N3O3S/c30-26(28-20-7-9-22(10-8-20)32-21-4-2-1-3-5-21)24-12-11-23(33-24)19-6-13-25(27-18-19)29-14-16-31-17-15-29/h1-13,18H,14-17H2,(H,28,30). The van der Waals surface area contributed by atoms with Crippen molar-refractivity contribution in [1.29, 1.82) is 0 Å². The molecule has 0 bridgehead atoms. The van der Waals surface area contributed by atoms with E-state index >= 15 is 0 Å². The maximum absolute atomic E-state index is 12.7. The van der Waals surface area contributed by atoms with Crippen molar-refractivity contribution in [1.82, 2.24) is 4.98 Å². The Hall–Kier alpha value is -3.68. The van der Waals surface area contributed by atoms with Gasteiger partial charge in [0.25, 0.3) is 5.91 Å². The highest BCUT2D eigenvalue weighted by Crippen LogP contribution is 2.30. The Bertz CT molecular complexity index is 1200. The Kier molecular flexibility index (Phi) is 6.32. The monoisotopic (exact) mass is 457 g/mol. The number of aromatic nitrogens is 1. The second kappa shape index (κ2) is 9.85. The molecule has 6 nitrogen and oxygen atoms in total. The highest BCUT2D eigenvalue weighted by molar-refractivity contribution is 7.17. The summed E-state index contributed by atoms with van der Waals surface area (Å²) in [4.78, 5) is 21.2. The summed E-state index contributed by atoms with van der Waals surface area (Å²) >= 11 is 1.45. The summed E-state index contributed by atoms with van der Waals surface area (Å²) in [5.41, 5.74) is 1.71. The number of rotatable bonds is 6. The van der Waals surface area contributed by atoms with Gasteiger partial charge in [-0.15, -0.1) is 11.3 Å². The van der Waals surface area contributed by atoms with Gasteiger partial charge in [0.2, 0.25) is 0 Å². The van der Waals surface area contributed by atoms with Crippen molar-refractivity contribution in [2.45, 2.75) is 0 Å². The fourth-order valence-corrected chi connectivity index (χ4v) is 4.44. The summed E-state index contributed by atoms with van der Waals surface area (Å²) in [6.45, 7) is 3.18. The summed E-state index contributed by atoms with van der Waals surface area (Å²) < 4.78 is 11.2. The zero-order valence-corrected chi connectivity index (χ0v) is 18.8. The third-order valence-electron chi connectivity index (χ3n) is 5.29. The molecule has 1 saturated heterocycles. The van der Waals surface area contributed by atoms with E-state index in [1.54, 1.807) is 0 Å². The minimum absolute atomic E-state index is 0.138. The van der Waals surface area contributed by atoms with Gasteiger partial charge in [-0.25, -0.2) is 4.98 Å². The lowest BCUT2D eigenvalue weighted by Gasteiger charge is -2.27. The van der Waals surface area contributed by atoms with E-state index in [-0.39, 0.29) is 5.91 Å². The van der Waals surface area contributed by atoms with Gasteiger partial charge in [-0.1, -0.05) is 18.2 Å². The zero-order chi connectivity index (χ0) is 22.5. The first-order chi connectivity index (χ1) is 16.2. The number of anilines is 2. The quantitative estimate of drug-likeness (QED) is 0.403. The average Bonchev–Trinajstić information content (AvgIpc) is 3.37. The molecule has 33 heavy (non-hydrogen) atoms. The molecule has 0 saturated carbocycles. The lowest BCUT2D eigenvalue weighted by Crippen LogP contribution is -2.36. The number of nitrogens with zero attached hydrogens (tertiary/aromatic N) is 2. The summed E-state index contributed by atoms with van der Waals surface area (Å²) in [5.74, 6) is 2.30. The maximum Gasteiger partial charge on any atom is 0.265 e. The highest BCUT2D eigenvalue weighted by Gasteiger charge is 2.14. The minimum Gasteiger partial charge on any atom is -0.457 e. The van der Waals surface area contributed by atoms with Gasteiger partial charge in [-0.2, -0.15) is 0 Å². The molecule has 2 aromatic carbocycles. The fourth-order valence-electron chi connectivity index (χ4n) is 3.55.